The topological polar surface area (TPSA) is 38.9 Å². The maximum Gasteiger partial charge on any atom is 0.110 e. The third-order valence-electron chi connectivity index (χ3n) is 1.06. The molecule has 0 aromatic carbocycles. The number of rotatable bonds is 1. The Morgan fingerprint density at radius 2 is 2.30 bits per heavy atom. The van der Waals surface area contributed by atoms with Crippen LogP contribution in [-0.2, 0) is 6.54 Å². The molecule has 56 valence electrons. The Morgan fingerprint density at radius 1 is 1.60 bits per heavy atom. The van der Waals surface area contributed by atoms with Gasteiger partial charge in [-0.15, -0.1) is 12.4 Å². The van der Waals surface area contributed by atoms with Gasteiger partial charge in [-0.3, -0.25) is 0 Å². The molecular formula is C6H8BrClN2. The first kappa shape index (κ1) is 9.88. The first-order valence-electron chi connectivity index (χ1n) is 2.64. The maximum atomic E-state index is 5.38. The van der Waals surface area contributed by atoms with Gasteiger partial charge in [-0.1, -0.05) is 6.07 Å². The van der Waals surface area contributed by atoms with Crippen molar-refractivity contribution >= 4 is 28.3 Å². The molecule has 0 fully saturated rings. The average Bonchev–Trinajstić information content (AvgIpc) is 1.89. The number of nitrogens with two attached hydrogens (primary N) is 1. The second kappa shape index (κ2) is 4.66. The molecule has 1 rings (SSSR count). The zero-order chi connectivity index (χ0) is 6.69. The summed E-state index contributed by atoms with van der Waals surface area (Å²) in [5.41, 5.74) is 6.42. The zero-order valence-corrected chi connectivity index (χ0v) is 7.65. The summed E-state index contributed by atoms with van der Waals surface area (Å²) in [7, 11) is 0. The van der Waals surface area contributed by atoms with Crippen molar-refractivity contribution in [3.05, 3.63) is 28.5 Å². The molecule has 0 spiro atoms. The molecule has 2 N–H and O–H groups in total. The SMILES string of the molecule is Cl.NCc1cccnc1Br. The number of hydrogen-bond acceptors (Lipinski definition) is 2. The second-order valence-electron chi connectivity index (χ2n) is 1.66. The molecule has 1 heterocycles. The highest BCUT2D eigenvalue weighted by Gasteiger charge is 1.93. The summed E-state index contributed by atoms with van der Waals surface area (Å²) in [6.45, 7) is 0.536. The first-order valence-corrected chi connectivity index (χ1v) is 3.43. The van der Waals surface area contributed by atoms with Crippen LogP contribution in [0.5, 0.6) is 0 Å². The Kier molecular flexibility index (Phi) is 4.60. The van der Waals surface area contributed by atoms with Crippen LogP contribution in [-0.4, -0.2) is 4.98 Å². The highest BCUT2D eigenvalue weighted by Crippen LogP contribution is 2.10. The Labute approximate surface area is 74.4 Å². The minimum absolute atomic E-state index is 0. The molecule has 0 saturated carbocycles. The molecule has 0 saturated heterocycles. The number of halogens is 2. The molecular weight excluding hydrogens is 215 g/mol. The molecule has 0 aliphatic carbocycles. The average molecular weight is 224 g/mol. The van der Waals surface area contributed by atoms with Gasteiger partial charge in [0.25, 0.3) is 0 Å². The third-order valence-corrected chi connectivity index (χ3v) is 1.77. The van der Waals surface area contributed by atoms with Gasteiger partial charge in [0.05, 0.1) is 0 Å². The molecule has 1 aromatic rings. The predicted octanol–water partition coefficient (Wildman–Crippen LogP) is 1.72. The third kappa shape index (κ3) is 2.25. The van der Waals surface area contributed by atoms with Crippen molar-refractivity contribution in [1.82, 2.24) is 4.98 Å². The van der Waals surface area contributed by atoms with E-state index in [2.05, 4.69) is 20.9 Å². The van der Waals surface area contributed by atoms with Crippen LogP contribution in [0.4, 0.5) is 0 Å². The van der Waals surface area contributed by atoms with Crippen LogP contribution in [0.3, 0.4) is 0 Å². The molecule has 1 aromatic heterocycles. The van der Waals surface area contributed by atoms with Crippen molar-refractivity contribution in [3.63, 3.8) is 0 Å². The number of pyridine rings is 1. The van der Waals surface area contributed by atoms with Gasteiger partial charge in [0, 0.05) is 12.7 Å². The number of nitrogens with zero attached hydrogens (tertiary/aromatic N) is 1. The summed E-state index contributed by atoms with van der Waals surface area (Å²) >= 11 is 3.27. The number of aromatic nitrogens is 1. The molecule has 0 amide bonds. The Morgan fingerprint density at radius 3 is 2.70 bits per heavy atom. The van der Waals surface area contributed by atoms with E-state index in [1.165, 1.54) is 0 Å². The van der Waals surface area contributed by atoms with E-state index in [4.69, 9.17) is 5.73 Å². The normalized spacial score (nSPS) is 8.60. The zero-order valence-electron chi connectivity index (χ0n) is 5.25. The van der Waals surface area contributed by atoms with E-state index in [-0.39, 0.29) is 12.4 Å². The summed E-state index contributed by atoms with van der Waals surface area (Å²) in [5, 5.41) is 0. The van der Waals surface area contributed by atoms with Gasteiger partial charge in [-0.2, -0.15) is 0 Å². The van der Waals surface area contributed by atoms with E-state index in [0.29, 0.717) is 6.54 Å². The lowest BCUT2D eigenvalue weighted by Gasteiger charge is -1.95. The van der Waals surface area contributed by atoms with Gasteiger partial charge in [0.1, 0.15) is 4.60 Å². The highest BCUT2D eigenvalue weighted by molar-refractivity contribution is 9.10. The second-order valence-corrected chi connectivity index (χ2v) is 2.41. The van der Waals surface area contributed by atoms with Crippen LogP contribution >= 0.6 is 28.3 Å². The molecule has 0 aliphatic rings. The molecule has 0 unspecified atom stereocenters. The first-order chi connectivity index (χ1) is 4.34. The van der Waals surface area contributed by atoms with Gasteiger partial charge >= 0.3 is 0 Å². The van der Waals surface area contributed by atoms with Gasteiger partial charge in [-0.05, 0) is 27.6 Å². The monoisotopic (exact) mass is 222 g/mol. The van der Waals surface area contributed by atoms with Crippen LogP contribution in [0.2, 0.25) is 0 Å². The van der Waals surface area contributed by atoms with Gasteiger partial charge in [0.15, 0.2) is 0 Å². The lowest BCUT2D eigenvalue weighted by molar-refractivity contribution is 1.03. The van der Waals surface area contributed by atoms with Gasteiger partial charge in [0.2, 0.25) is 0 Å². The molecule has 4 heteroatoms. The molecule has 0 radical (unpaired) electrons. The molecule has 0 atom stereocenters. The van der Waals surface area contributed by atoms with Crippen LogP contribution in [0.1, 0.15) is 5.56 Å². The number of hydrogen-bond donors (Lipinski definition) is 1. The molecule has 10 heavy (non-hydrogen) atoms. The van der Waals surface area contributed by atoms with Gasteiger partial charge in [-0.25, -0.2) is 4.98 Å². The van der Waals surface area contributed by atoms with Crippen LogP contribution < -0.4 is 5.73 Å². The summed E-state index contributed by atoms with van der Waals surface area (Å²) in [6.07, 6.45) is 1.73. The van der Waals surface area contributed by atoms with E-state index in [9.17, 15) is 0 Å². The minimum Gasteiger partial charge on any atom is -0.326 e. The van der Waals surface area contributed by atoms with Crippen molar-refractivity contribution in [2.75, 3.05) is 0 Å². The molecule has 0 bridgehead atoms. The fourth-order valence-electron chi connectivity index (χ4n) is 0.572. The van der Waals surface area contributed by atoms with Crippen molar-refractivity contribution in [2.45, 2.75) is 6.54 Å². The van der Waals surface area contributed by atoms with E-state index >= 15 is 0 Å². The van der Waals surface area contributed by atoms with E-state index in [1.807, 2.05) is 12.1 Å². The Bertz CT molecular complexity index is 205. The standard InChI is InChI=1S/C6H7BrN2.ClH/c7-6-5(4-8)2-1-3-9-6;/h1-3H,4,8H2;1H. The quantitative estimate of drug-likeness (QED) is 0.737. The van der Waals surface area contributed by atoms with Crippen LogP contribution in [0.15, 0.2) is 22.9 Å². The van der Waals surface area contributed by atoms with Crippen molar-refractivity contribution in [1.29, 1.82) is 0 Å². The van der Waals surface area contributed by atoms with E-state index in [1.54, 1.807) is 6.20 Å². The largest absolute Gasteiger partial charge is 0.326 e. The summed E-state index contributed by atoms with van der Waals surface area (Å²) < 4.78 is 0.840. The predicted molar refractivity (Wildman–Crippen MR) is 47.1 cm³/mol. The van der Waals surface area contributed by atoms with Crippen LogP contribution in [0.25, 0.3) is 0 Å². The molecule has 2 nitrogen and oxygen atoms in total. The van der Waals surface area contributed by atoms with E-state index in [0.717, 1.165) is 10.2 Å². The smallest absolute Gasteiger partial charge is 0.110 e. The van der Waals surface area contributed by atoms with E-state index < -0.39 is 0 Å². The van der Waals surface area contributed by atoms with Gasteiger partial charge < -0.3 is 5.73 Å². The maximum absolute atomic E-state index is 5.38. The Balaban J connectivity index is 0.000000810. The summed E-state index contributed by atoms with van der Waals surface area (Å²) in [5.74, 6) is 0. The fraction of sp³-hybridized carbons (Fsp3) is 0.167. The Hall–Kier alpha value is -0.120. The van der Waals surface area contributed by atoms with Crippen molar-refractivity contribution < 1.29 is 0 Å². The fourth-order valence-corrected chi connectivity index (χ4v) is 0.984. The van der Waals surface area contributed by atoms with Crippen molar-refractivity contribution in [3.8, 4) is 0 Å². The minimum atomic E-state index is 0. The summed E-state index contributed by atoms with van der Waals surface area (Å²) in [4.78, 5) is 3.99. The lowest BCUT2D eigenvalue weighted by atomic mass is 10.3. The molecule has 0 aliphatic heterocycles. The highest BCUT2D eigenvalue weighted by atomic mass is 79.9. The summed E-state index contributed by atoms with van der Waals surface area (Å²) in [6, 6.07) is 3.81. The van der Waals surface area contributed by atoms with Crippen molar-refractivity contribution in [2.24, 2.45) is 5.73 Å². The lowest BCUT2D eigenvalue weighted by Crippen LogP contribution is -1.97. The van der Waals surface area contributed by atoms with Crippen LogP contribution in [0, 0.1) is 0 Å².